The molecule has 0 bridgehead atoms. The summed E-state index contributed by atoms with van der Waals surface area (Å²) < 4.78 is 15.1. The van der Waals surface area contributed by atoms with Crippen molar-refractivity contribution < 1.29 is 9.50 Å². The van der Waals surface area contributed by atoms with E-state index in [1.165, 1.54) is 23.5 Å². The van der Waals surface area contributed by atoms with Crippen molar-refractivity contribution in [1.29, 1.82) is 0 Å². The monoisotopic (exact) mass is 355 g/mol. The molecule has 2 aromatic carbocycles. The number of phenolic OH excluding ortho intramolecular Hbond substituents is 1. The molecule has 0 amide bonds. The Morgan fingerprint density at radius 2 is 2.08 bits per heavy atom. The Morgan fingerprint density at radius 3 is 2.88 bits per heavy atom. The minimum atomic E-state index is -0.654. The zero-order valence-electron chi connectivity index (χ0n) is 13.3. The molecule has 6 nitrogen and oxygen atoms in total. The van der Waals surface area contributed by atoms with Gasteiger partial charge >= 0.3 is 0 Å². The summed E-state index contributed by atoms with van der Waals surface area (Å²) in [7, 11) is 0. The lowest BCUT2D eigenvalue weighted by molar-refractivity contribution is 0.432. The number of nitrogens with one attached hydrogen (secondary N) is 1. The van der Waals surface area contributed by atoms with Gasteiger partial charge in [0, 0.05) is 12.1 Å². The molecule has 4 rings (SSSR count). The largest absolute Gasteiger partial charge is 0.505 e. The van der Waals surface area contributed by atoms with Crippen LogP contribution >= 0.6 is 11.3 Å². The van der Waals surface area contributed by atoms with E-state index in [4.69, 9.17) is 0 Å². The van der Waals surface area contributed by atoms with E-state index in [2.05, 4.69) is 20.6 Å². The van der Waals surface area contributed by atoms with Crippen molar-refractivity contribution in [2.24, 2.45) is 0 Å². The highest BCUT2D eigenvalue weighted by atomic mass is 32.1. The lowest BCUT2D eigenvalue weighted by Gasteiger charge is -2.02. The van der Waals surface area contributed by atoms with E-state index < -0.39 is 5.82 Å². The summed E-state index contributed by atoms with van der Waals surface area (Å²) in [5, 5.41) is 26.0. The number of aromatic nitrogens is 4. The van der Waals surface area contributed by atoms with Gasteiger partial charge in [0.25, 0.3) is 0 Å². The molecule has 0 unspecified atom stereocenters. The summed E-state index contributed by atoms with van der Waals surface area (Å²) in [5.74, 6) is -0.416. The van der Waals surface area contributed by atoms with Gasteiger partial charge in [-0.2, -0.15) is 4.52 Å². The lowest BCUT2D eigenvalue weighted by Crippen LogP contribution is -1.99. The molecule has 25 heavy (non-hydrogen) atoms. The molecule has 0 radical (unpaired) electrons. The van der Waals surface area contributed by atoms with Crippen molar-refractivity contribution in [2.45, 2.75) is 13.3 Å². The fraction of sp³-hybridized carbons (Fsp3) is 0.118. The molecule has 0 spiro atoms. The van der Waals surface area contributed by atoms with Gasteiger partial charge in [-0.05, 0) is 42.3 Å². The van der Waals surface area contributed by atoms with Crippen LogP contribution in [0.2, 0.25) is 0 Å². The van der Waals surface area contributed by atoms with Gasteiger partial charge in [-0.1, -0.05) is 29.5 Å². The summed E-state index contributed by atoms with van der Waals surface area (Å²) in [6, 6.07) is 12.3. The normalized spacial score (nSPS) is 11.1. The zero-order valence-corrected chi connectivity index (χ0v) is 14.1. The number of hydrogen-bond acceptors (Lipinski definition) is 6. The first kappa shape index (κ1) is 15.5. The number of rotatable bonds is 4. The fourth-order valence-electron chi connectivity index (χ4n) is 2.51. The van der Waals surface area contributed by atoms with Crippen LogP contribution in [0.25, 0.3) is 4.96 Å². The van der Waals surface area contributed by atoms with Crippen molar-refractivity contribution >= 4 is 27.1 Å². The second-order valence-corrected chi connectivity index (χ2v) is 6.63. The van der Waals surface area contributed by atoms with Crippen LogP contribution in [0.1, 0.15) is 17.0 Å². The van der Waals surface area contributed by atoms with Gasteiger partial charge in [0.2, 0.25) is 10.1 Å². The number of aryl methyl sites for hydroxylation is 1. The van der Waals surface area contributed by atoms with Crippen molar-refractivity contribution in [2.75, 3.05) is 5.32 Å². The van der Waals surface area contributed by atoms with Crippen LogP contribution in [0, 0.1) is 12.7 Å². The minimum Gasteiger partial charge on any atom is -0.505 e. The second-order valence-electron chi connectivity index (χ2n) is 5.67. The molecule has 2 heterocycles. The number of nitrogens with zero attached hydrogens (tertiary/aromatic N) is 4. The maximum Gasteiger partial charge on any atom is 0.236 e. The van der Waals surface area contributed by atoms with E-state index in [1.54, 1.807) is 10.6 Å². The molecule has 126 valence electrons. The van der Waals surface area contributed by atoms with E-state index in [9.17, 15) is 9.50 Å². The third kappa shape index (κ3) is 3.16. The van der Waals surface area contributed by atoms with Crippen LogP contribution in [0.4, 0.5) is 15.2 Å². The smallest absolute Gasteiger partial charge is 0.236 e. The summed E-state index contributed by atoms with van der Waals surface area (Å²) >= 11 is 1.39. The summed E-state index contributed by atoms with van der Waals surface area (Å²) in [5.41, 5.74) is 2.79. The lowest BCUT2D eigenvalue weighted by atomic mass is 10.1. The van der Waals surface area contributed by atoms with Crippen molar-refractivity contribution in [3.63, 3.8) is 0 Å². The maximum absolute atomic E-state index is 13.5. The molecule has 0 saturated carbocycles. The quantitative estimate of drug-likeness (QED) is 0.584. The molecule has 0 fully saturated rings. The van der Waals surface area contributed by atoms with Crippen LogP contribution in [-0.2, 0) is 6.42 Å². The molecule has 0 saturated heterocycles. The SMILES string of the molecule is Cc1cccc(Nc2nn3c(Cc4ccc(O)c(F)c4)nnc3s2)c1. The molecule has 0 aliphatic rings. The number of phenols is 1. The number of hydrogen-bond donors (Lipinski definition) is 2. The Morgan fingerprint density at radius 1 is 1.20 bits per heavy atom. The van der Waals surface area contributed by atoms with E-state index in [0.717, 1.165) is 11.3 Å². The number of benzene rings is 2. The van der Waals surface area contributed by atoms with E-state index in [0.29, 0.717) is 27.9 Å². The third-order valence-electron chi connectivity index (χ3n) is 3.70. The third-order valence-corrected chi connectivity index (χ3v) is 4.51. The predicted molar refractivity (Wildman–Crippen MR) is 94.0 cm³/mol. The number of anilines is 2. The highest BCUT2D eigenvalue weighted by Crippen LogP contribution is 2.24. The van der Waals surface area contributed by atoms with E-state index >= 15 is 0 Å². The molecule has 0 aliphatic carbocycles. The minimum absolute atomic E-state index is 0.367. The first-order valence-electron chi connectivity index (χ1n) is 7.61. The highest BCUT2D eigenvalue weighted by molar-refractivity contribution is 7.20. The van der Waals surface area contributed by atoms with Crippen LogP contribution in [0.15, 0.2) is 42.5 Å². The molecule has 0 atom stereocenters. The first-order valence-corrected chi connectivity index (χ1v) is 8.42. The summed E-state index contributed by atoms with van der Waals surface area (Å²) in [6.45, 7) is 2.03. The highest BCUT2D eigenvalue weighted by Gasteiger charge is 2.13. The van der Waals surface area contributed by atoms with Crippen molar-refractivity contribution in [3.8, 4) is 5.75 Å². The Kier molecular flexibility index (Phi) is 3.81. The predicted octanol–water partition coefficient (Wildman–Crippen LogP) is 3.67. The number of fused-ring (bicyclic) bond motifs is 1. The number of aromatic hydroxyl groups is 1. The Bertz CT molecular complexity index is 1060. The van der Waals surface area contributed by atoms with Crippen molar-refractivity contribution in [1.82, 2.24) is 19.8 Å². The Balaban J connectivity index is 1.60. The van der Waals surface area contributed by atoms with Gasteiger partial charge < -0.3 is 10.4 Å². The maximum atomic E-state index is 13.5. The van der Waals surface area contributed by atoms with Gasteiger partial charge in [-0.25, -0.2) is 4.39 Å². The molecular weight excluding hydrogens is 341 g/mol. The van der Waals surface area contributed by atoms with Crippen LogP contribution in [0.5, 0.6) is 5.75 Å². The zero-order chi connectivity index (χ0) is 17.4. The molecule has 2 N–H and O–H groups in total. The average Bonchev–Trinajstić information content (AvgIpc) is 3.12. The van der Waals surface area contributed by atoms with Gasteiger partial charge in [-0.15, -0.1) is 15.3 Å². The Hall–Kier alpha value is -3.00. The molecule has 0 aliphatic heterocycles. The molecular formula is C17H14FN5OS. The van der Waals surface area contributed by atoms with Gasteiger partial charge in [0.15, 0.2) is 17.4 Å². The van der Waals surface area contributed by atoms with Crippen LogP contribution in [-0.4, -0.2) is 24.9 Å². The van der Waals surface area contributed by atoms with Crippen LogP contribution in [0.3, 0.4) is 0 Å². The van der Waals surface area contributed by atoms with Crippen molar-refractivity contribution in [3.05, 3.63) is 65.2 Å². The first-order chi connectivity index (χ1) is 12.1. The van der Waals surface area contributed by atoms with Gasteiger partial charge in [0.05, 0.1) is 0 Å². The molecule has 8 heteroatoms. The van der Waals surface area contributed by atoms with Gasteiger partial charge in [0.1, 0.15) is 0 Å². The van der Waals surface area contributed by atoms with Gasteiger partial charge in [-0.3, -0.25) is 0 Å². The summed E-state index contributed by atoms with van der Waals surface area (Å²) in [4.78, 5) is 0.657. The van der Waals surface area contributed by atoms with E-state index in [-0.39, 0.29) is 5.75 Å². The Labute approximate surface area is 146 Å². The topological polar surface area (TPSA) is 75.3 Å². The fourth-order valence-corrected chi connectivity index (χ4v) is 3.29. The van der Waals surface area contributed by atoms with E-state index in [1.807, 2.05) is 31.2 Å². The molecule has 2 aromatic heterocycles. The average molecular weight is 355 g/mol. The standard InChI is InChI=1S/C17H14FN5OS/c1-10-3-2-4-12(7-10)19-16-22-23-15(20-21-17(23)25-16)9-11-5-6-14(24)13(18)8-11/h2-8,24H,9H2,1H3,(H,19,22). The molecule has 4 aromatic rings. The summed E-state index contributed by atoms with van der Waals surface area (Å²) in [6.07, 6.45) is 0.367. The van der Waals surface area contributed by atoms with Crippen LogP contribution < -0.4 is 5.32 Å². The number of halogens is 1. The second kappa shape index (κ2) is 6.14.